The molecule has 0 saturated heterocycles. The highest BCUT2D eigenvalue weighted by molar-refractivity contribution is 5.68. The minimum absolute atomic E-state index is 0. The molecule has 4 heteroatoms. The molecule has 0 aliphatic rings. The van der Waals surface area contributed by atoms with Crippen molar-refractivity contribution in [1.82, 2.24) is 0 Å². The van der Waals surface area contributed by atoms with Gasteiger partial charge in [-0.25, -0.2) is 0 Å². The molecule has 0 amide bonds. The van der Waals surface area contributed by atoms with Crippen LogP contribution in [-0.4, -0.2) is 5.97 Å². The highest BCUT2D eigenvalue weighted by Crippen LogP contribution is 2.13. The molecule has 3 nitrogen and oxygen atoms in total. The molecule has 0 aromatic carbocycles. The molecular formula is C22H38ClNO2. The van der Waals surface area contributed by atoms with E-state index in [2.05, 4.69) is 6.92 Å². The van der Waals surface area contributed by atoms with Crippen molar-refractivity contribution in [3.8, 4) is 0 Å². The highest BCUT2D eigenvalue weighted by atomic mass is 35.5. The van der Waals surface area contributed by atoms with Gasteiger partial charge in [0, 0.05) is 18.6 Å². The second kappa shape index (κ2) is 18.7. The van der Waals surface area contributed by atoms with Gasteiger partial charge in [0.1, 0.15) is 0 Å². The highest BCUT2D eigenvalue weighted by Gasteiger charge is 2.05. The second-order valence-corrected chi connectivity index (χ2v) is 7.03. The molecule has 150 valence electrons. The predicted octanol–water partition coefficient (Wildman–Crippen LogP) is 2.96. The second-order valence-electron chi connectivity index (χ2n) is 7.03. The molecule has 0 radical (unpaired) electrons. The topological polar surface area (TPSA) is 30.2 Å². The molecule has 1 aromatic heterocycles. The van der Waals surface area contributed by atoms with Gasteiger partial charge >= 0.3 is 5.97 Å². The number of pyridine rings is 1. The maximum atomic E-state index is 11.7. The van der Waals surface area contributed by atoms with E-state index in [-0.39, 0.29) is 18.4 Å². The molecular weight excluding hydrogens is 346 g/mol. The number of halogens is 1. The van der Waals surface area contributed by atoms with E-state index in [1.54, 1.807) is 0 Å². The summed E-state index contributed by atoms with van der Waals surface area (Å²) in [6, 6.07) is 5.81. The molecule has 0 atom stereocenters. The van der Waals surface area contributed by atoms with Gasteiger partial charge in [-0.1, -0.05) is 90.0 Å². The lowest BCUT2D eigenvalue weighted by molar-refractivity contribution is -0.727. The first-order valence-electron chi connectivity index (χ1n) is 10.4. The fraction of sp³-hybridized carbons (Fsp3) is 0.727. The number of carbonyl (C=O) groups excluding carboxylic acids is 1. The molecule has 1 rings (SSSR count). The van der Waals surface area contributed by atoms with E-state index in [4.69, 9.17) is 4.74 Å². The van der Waals surface area contributed by atoms with Crippen LogP contribution in [0.15, 0.2) is 30.6 Å². The summed E-state index contributed by atoms with van der Waals surface area (Å²) in [6.07, 6.45) is 21.5. The zero-order valence-corrected chi connectivity index (χ0v) is 17.4. The number of nitrogens with zero attached hydrogens (tertiary/aromatic N) is 1. The van der Waals surface area contributed by atoms with Crippen LogP contribution in [0.1, 0.15) is 96.8 Å². The van der Waals surface area contributed by atoms with E-state index in [1.165, 1.54) is 70.6 Å². The summed E-state index contributed by atoms with van der Waals surface area (Å²) >= 11 is 0. The Bertz CT molecular complexity index is 425. The molecule has 0 spiro atoms. The Morgan fingerprint density at radius 3 is 1.69 bits per heavy atom. The average Bonchev–Trinajstić information content (AvgIpc) is 2.64. The number of ether oxygens (including phenoxy) is 1. The summed E-state index contributed by atoms with van der Waals surface area (Å²) in [5.74, 6) is -0.0839. The van der Waals surface area contributed by atoms with Crippen molar-refractivity contribution < 1.29 is 26.5 Å². The predicted molar refractivity (Wildman–Crippen MR) is 103 cm³/mol. The molecule has 0 saturated carbocycles. The summed E-state index contributed by atoms with van der Waals surface area (Å²) in [5.41, 5.74) is 0. The van der Waals surface area contributed by atoms with Gasteiger partial charge in [0.25, 0.3) is 6.73 Å². The van der Waals surface area contributed by atoms with E-state index in [1.807, 2.05) is 35.2 Å². The SMILES string of the molecule is CCCCCCCCCCCCCCCC(=O)OC[n+]1ccccc1.[Cl-]. The van der Waals surface area contributed by atoms with E-state index in [0.29, 0.717) is 13.2 Å². The number of hydrogen-bond donors (Lipinski definition) is 0. The van der Waals surface area contributed by atoms with Gasteiger partial charge in [-0.3, -0.25) is 4.79 Å². The number of carbonyl (C=O) groups is 1. The maximum absolute atomic E-state index is 11.7. The van der Waals surface area contributed by atoms with Crippen molar-refractivity contribution in [2.75, 3.05) is 0 Å². The van der Waals surface area contributed by atoms with Crippen molar-refractivity contribution in [1.29, 1.82) is 0 Å². The van der Waals surface area contributed by atoms with Gasteiger partial charge < -0.3 is 17.1 Å². The maximum Gasteiger partial charge on any atom is 0.310 e. The Labute approximate surface area is 166 Å². The molecule has 0 bridgehead atoms. The lowest BCUT2D eigenvalue weighted by Gasteiger charge is -2.03. The fourth-order valence-corrected chi connectivity index (χ4v) is 3.03. The first-order chi connectivity index (χ1) is 12.3. The Morgan fingerprint density at radius 2 is 1.19 bits per heavy atom. The van der Waals surface area contributed by atoms with Gasteiger partial charge in [0.15, 0.2) is 12.4 Å². The van der Waals surface area contributed by atoms with Crippen molar-refractivity contribution in [3.63, 3.8) is 0 Å². The number of unbranched alkanes of at least 4 members (excludes halogenated alkanes) is 12. The smallest absolute Gasteiger partial charge is 0.310 e. The Kier molecular flexibility index (Phi) is 17.9. The van der Waals surface area contributed by atoms with Crippen LogP contribution < -0.4 is 17.0 Å². The van der Waals surface area contributed by atoms with E-state index in [0.717, 1.165) is 12.8 Å². The minimum atomic E-state index is -0.0839. The van der Waals surface area contributed by atoms with Crippen LogP contribution in [0.25, 0.3) is 0 Å². The zero-order valence-electron chi connectivity index (χ0n) is 16.6. The molecule has 1 heterocycles. The van der Waals surface area contributed by atoms with Crippen LogP contribution in [0, 0.1) is 0 Å². The van der Waals surface area contributed by atoms with Gasteiger partial charge in [0.05, 0.1) is 0 Å². The Balaban J connectivity index is 0.00000625. The quantitative estimate of drug-likeness (QED) is 0.249. The number of aromatic nitrogens is 1. The minimum Gasteiger partial charge on any atom is -1.00 e. The van der Waals surface area contributed by atoms with Gasteiger partial charge in [-0.05, 0) is 6.42 Å². The summed E-state index contributed by atoms with van der Waals surface area (Å²) in [5, 5.41) is 0. The van der Waals surface area contributed by atoms with Crippen molar-refractivity contribution >= 4 is 5.97 Å². The van der Waals surface area contributed by atoms with E-state index < -0.39 is 0 Å². The zero-order chi connectivity index (χ0) is 18.0. The van der Waals surface area contributed by atoms with Crippen LogP contribution >= 0.6 is 0 Å². The van der Waals surface area contributed by atoms with Crippen molar-refractivity contribution in [3.05, 3.63) is 30.6 Å². The van der Waals surface area contributed by atoms with E-state index in [9.17, 15) is 4.79 Å². The molecule has 0 fully saturated rings. The van der Waals surface area contributed by atoms with E-state index >= 15 is 0 Å². The lowest BCUT2D eigenvalue weighted by Crippen LogP contribution is -3.00. The first-order valence-corrected chi connectivity index (χ1v) is 10.4. The van der Waals surface area contributed by atoms with Crippen LogP contribution in [-0.2, 0) is 16.3 Å². The number of rotatable bonds is 16. The monoisotopic (exact) mass is 383 g/mol. The Morgan fingerprint density at radius 1 is 0.731 bits per heavy atom. The van der Waals surface area contributed by atoms with Crippen molar-refractivity contribution in [2.24, 2.45) is 0 Å². The fourth-order valence-electron chi connectivity index (χ4n) is 3.03. The lowest BCUT2D eigenvalue weighted by atomic mass is 10.0. The van der Waals surface area contributed by atoms with Crippen LogP contribution in [0.2, 0.25) is 0 Å². The number of hydrogen-bond acceptors (Lipinski definition) is 2. The summed E-state index contributed by atoms with van der Waals surface area (Å²) in [7, 11) is 0. The summed E-state index contributed by atoms with van der Waals surface area (Å²) in [4.78, 5) is 11.7. The summed E-state index contributed by atoms with van der Waals surface area (Å²) < 4.78 is 7.12. The largest absolute Gasteiger partial charge is 1.00 e. The third kappa shape index (κ3) is 15.2. The normalized spacial score (nSPS) is 10.3. The van der Waals surface area contributed by atoms with Crippen molar-refractivity contribution in [2.45, 2.75) is 104 Å². The van der Waals surface area contributed by atoms with Gasteiger partial charge in [-0.15, -0.1) is 0 Å². The van der Waals surface area contributed by atoms with Crippen LogP contribution in [0.4, 0.5) is 0 Å². The summed E-state index contributed by atoms with van der Waals surface area (Å²) in [6.45, 7) is 2.59. The molecule has 0 aliphatic carbocycles. The van der Waals surface area contributed by atoms with Gasteiger partial charge in [0.2, 0.25) is 0 Å². The number of esters is 1. The third-order valence-electron chi connectivity index (χ3n) is 4.64. The molecule has 26 heavy (non-hydrogen) atoms. The first kappa shape index (κ1) is 24.9. The third-order valence-corrected chi connectivity index (χ3v) is 4.64. The molecule has 0 aliphatic heterocycles. The van der Waals surface area contributed by atoms with Crippen LogP contribution in [0.3, 0.4) is 0 Å². The van der Waals surface area contributed by atoms with Gasteiger partial charge in [-0.2, -0.15) is 4.57 Å². The standard InChI is InChI=1S/C22H38NO2.ClH/c1-2-3-4-5-6-7-8-9-10-11-12-13-15-18-22(24)25-21-23-19-16-14-17-20-23;/h14,16-17,19-20H,2-13,15,18,21H2,1H3;1H/q+1;/p-1. The van der Waals surface area contributed by atoms with Crippen LogP contribution in [0.5, 0.6) is 0 Å². The molecule has 0 N–H and O–H groups in total. The molecule has 1 aromatic rings. The molecule has 0 unspecified atom stereocenters. The Hall–Kier alpha value is -1.09. The average molecular weight is 384 g/mol.